The van der Waals surface area contributed by atoms with Crippen molar-refractivity contribution in [2.75, 3.05) is 13.6 Å². The van der Waals surface area contributed by atoms with E-state index in [9.17, 15) is 9.59 Å². The molecule has 0 aromatic rings. The second-order valence-corrected chi connectivity index (χ2v) is 3.13. The van der Waals surface area contributed by atoms with Gasteiger partial charge in [0.25, 0.3) is 5.91 Å². The van der Waals surface area contributed by atoms with Gasteiger partial charge in [0.1, 0.15) is 0 Å². The maximum absolute atomic E-state index is 10.8. The molecule has 0 aliphatic carbocycles. The number of carbonyl (C=O) groups is 2. The molecule has 0 aromatic heterocycles. The van der Waals surface area contributed by atoms with Crippen LogP contribution in [-0.2, 0) is 9.59 Å². The number of rotatable bonds is 7. The van der Waals surface area contributed by atoms with Crippen molar-refractivity contribution in [3.8, 4) is 0 Å². The van der Waals surface area contributed by atoms with E-state index in [1.165, 1.54) is 18.9 Å². The van der Waals surface area contributed by atoms with Crippen LogP contribution in [0.25, 0.3) is 0 Å². The minimum absolute atomic E-state index is 0.379. The Balaban J connectivity index is 3.63. The van der Waals surface area contributed by atoms with Gasteiger partial charge in [-0.15, -0.1) is 0 Å². The van der Waals surface area contributed by atoms with Crippen LogP contribution >= 0.6 is 0 Å². The minimum Gasteiger partial charge on any atom is -0.380 e. The molecule has 0 saturated carbocycles. The van der Waals surface area contributed by atoms with Gasteiger partial charge in [0.2, 0.25) is 6.41 Å². The van der Waals surface area contributed by atoms with Crippen LogP contribution in [0.15, 0.2) is 12.3 Å². The summed E-state index contributed by atoms with van der Waals surface area (Å²) in [7, 11) is 1.90. The van der Waals surface area contributed by atoms with E-state index in [0.717, 1.165) is 13.0 Å². The van der Waals surface area contributed by atoms with Gasteiger partial charge in [0.05, 0.1) is 0 Å². The summed E-state index contributed by atoms with van der Waals surface area (Å²) in [5.74, 6) is -0.387. The number of amides is 2. The highest BCUT2D eigenvalue weighted by atomic mass is 16.2. The maximum Gasteiger partial charge on any atom is 0.251 e. The highest BCUT2D eigenvalue weighted by molar-refractivity contribution is 5.94. The van der Waals surface area contributed by atoms with Gasteiger partial charge in [-0.25, -0.2) is 0 Å². The van der Waals surface area contributed by atoms with Crippen molar-refractivity contribution < 1.29 is 9.59 Å². The molecule has 0 fully saturated rings. The quantitative estimate of drug-likeness (QED) is 0.375. The molecule has 0 aliphatic heterocycles. The summed E-state index contributed by atoms with van der Waals surface area (Å²) in [5.41, 5.74) is 0. The number of carbonyl (C=O) groups excluding carboxylic acids is 2. The first-order valence-corrected chi connectivity index (χ1v) is 4.83. The molecule has 0 bridgehead atoms. The summed E-state index contributed by atoms with van der Waals surface area (Å²) in [4.78, 5) is 22.6. The lowest BCUT2D eigenvalue weighted by atomic mass is 10.2. The number of hydrogen-bond acceptors (Lipinski definition) is 3. The first-order valence-electron chi connectivity index (χ1n) is 4.83. The van der Waals surface area contributed by atoms with Crippen LogP contribution < -0.4 is 5.32 Å². The van der Waals surface area contributed by atoms with Crippen LogP contribution in [0.2, 0.25) is 0 Å². The van der Waals surface area contributed by atoms with E-state index in [4.69, 9.17) is 0 Å². The van der Waals surface area contributed by atoms with E-state index < -0.39 is 0 Å². The Morgan fingerprint density at radius 2 is 2.14 bits per heavy atom. The van der Waals surface area contributed by atoms with Crippen molar-refractivity contribution >= 4 is 12.3 Å². The average molecular weight is 198 g/mol. The van der Waals surface area contributed by atoms with Crippen LogP contribution in [-0.4, -0.2) is 30.8 Å². The van der Waals surface area contributed by atoms with E-state index in [1.807, 2.05) is 17.3 Å². The van der Waals surface area contributed by atoms with E-state index in [-0.39, 0.29) is 5.91 Å². The molecule has 0 rings (SSSR count). The van der Waals surface area contributed by atoms with E-state index in [0.29, 0.717) is 6.41 Å². The zero-order valence-corrected chi connectivity index (χ0v) is 8.82. The fraction of sp³-hybridized carbons (Fsp3) is 0.600. The Morgan fingerprint density at radius 1 is 1.43 bits per heavy atom. The van der Waals surface area contributed by atoms with Gasteiger partial charge >= 0.3 is 0 Å². The van der Waals surface area contributed by atoms with Crippen molar-refractivity contribution in [2.24, 2.45) is 0 Å². The van der Waals surface area contributed by atoms with Crippen molar-refractivity contribution in [1.29, 1.82) is 0 Å². The van der Waals surface area contributed by atoms with Crippen LogP contribution in [0.5, 0.6) is 0 Å². The Bertz CT molecular complexity index is 202. The second-order valence-electron chi connectivity index (χ2n) is 3.13. The molecule has 4 nitrogen and oxygen atoms in total. The molecule has 0 atom stereocenters. The number of unbranched alkanes of at least 4 members (excludes halogenated alkanes) is 2. The summed E-state index contributed by atoms with van der Waals surface area (Å²) >= 11 is 0. The van der Waals surface area contributed by atoms with Crippen LogP contribution in [0.1, 0.15) is 26.2 Å². The monoisotopic (exact) mass is 198 g/mol. The van der Waals surface area contributed by atoms with Crippen molar-refractivity contribution in [3.05, 3.63) is 12.3 Å². The number of nitrogens with one attached hydrogen (secondary N) is 1. The fourth-order valence-corrected chi connectivity index (χ4v) is 0.987. The van der Waals surface area contributed by atoms with E-state index in [1.54, 1.807) is 6.20 Å². The Morgan fingerprint density at radius 3 is 2.71 bits per heavy atom. The Labute approximate surface area is 85.0 Å². The molecule has 1 N–H and O–H groups in total. The highest BCUT2D eigenvalue weighted by Crippen LogP contribution is 1.96. The second kappa shape index (κ2) is 8.29. The lowest BCUT2D eigenvalue weighted by Crippen LogP contribution is -2.20. The van der Waals surface area contributed by atoms with Gasteiger partial charge in [0.15, 0.2) is 0 Å². The predicted octanol–water partition coefficient (Wildman–Crippen LogP) is 0.895. The lowest BCUT2D eigenvalue weighted by Gasteiger charge is -2.12. The first-order chi connectivity index (χ1) is 6.70. The SMILES string of the molecule is CCCCCN(C)/C=C\C(=O)NC=O. The molecule has 14 heavy (non-hydrogen) atoms. The summed E-state index contributed by atoms with van der Waals surface area (Å²) in [6, 6.07) is 0. The topological polar surface area (TPSA) is 49.4 Å². The van der Waals surface area contributed by atoms with Crippen LogP contribution in [0.3, 0.4) is 0 Å². The Hall–Kier alpha value is -1.32. The molecule has 0 aliphatic rings. The van der Waals surface area contributed by atoms with E-state index in [2.05, 4.69) is 6.92 Å². The number of hydrogen-bond donors (Lipinski definition) is 1. The van der Waals surface area contributed by atoms with Gasteiger partial charge in [0, 0.05) is 25.9 Å². The largest absolute Gasteiger partial charge is 0.380 e. The molecule has 0 saturated heterocycles. The molecule has 0 unspecified atom stereocenters. The van der Waals surface area contributed by atoms with Gasteiger partial charge in [-0.3, -0.25) is 14.9 Å². The number of nitrogens with zero attached hydrogens (tertiary/aromatic N) is 1. The molecule has 0 spiro atoms. The zero-order chi connectivity index (χ0) is 10.8. The normalized spacial score (nSPS) is 10.1. The van der Waals surface area contributed by atoms with E-state index >= 15 is 0 Å². The standard InChI is InChI=1S/C10H18N2O2/c1-3-4-5-7-12(2)8-6-10(14)11-9-13/h6,8-9H,3-5,7H2,1-2H3,(H,11,13,14)/b8-6-. The minimum atomic E-state index is -0.387. The maximum atomic E-state index is 10.8. The number of imide groups is 1. The third kappa shape index (κ3) is 7.34. The van der Waals surface area contributed by atoms with Gasteiger partial charge in [-0.1, -0.05) is 19.8 Å². The predicted molar refractivity (Wildman–Crippen MR) is 55.5 cm³/mol. The van der Waals surface area contributed by atoms with Crippen LogP contribution in [0.4, 0.5) is 0 Å². The molecule has 80 valence electrons. The van der Waals surface area contributed by atoms with Gasteiger partial charge in [-0.05, 0) is 6.42 Å². The third-order valence-corrected chi connectivity index (χ3v) is 1.80. The average Bonchev–Trinajstić information content (AvgIpc) is 2.16. The van der Waals surface area contributed by atoms with Gasteiger partial charge in [-0.2, -0.15) is 0 Å². The molecule has 4 heteroatoms. The van der Waals surface area contributed by atoms with Crippen molar-refractivity contribution in [2.45, 2.75) is 26.2 Å². The molecule has 0 heterocycles. The highest BCUT2D eigenvalue weighted by Gasteiger charge is 1.94. The molecule has 0 radical (unpaired) electrons. The molecule has 2 amide bonds. The van der Waals surface area contributed by atoms with Crippen molar-refractivity contribution in [3.63, 3.8) is 0 Å². The third-order valence-electron chi connectivity index (χ3n) is 1.80. The van der Waals surface area contributed by atoms with Gasteiger partial charge < -0.3 is 4.90 Å². The summed E-state index contributed by atoms with van der Waals surface area (Å²) in [6.45, 7) is 3.08. The lowest BCUT2D eigenvalue weighted by molar-refractivity contribution is -0.121. The molecular formula is C10H18N2O2. The summed E-state index contributed by atoms with van der Waals surface area (Å²) < 4.78 is 0. The zero-order valence-electron chi connectivity index (χ0n) is 8.82. The van der Waals surface area contributed by atoms with Crippen LogP contribution in [0, 0.1) is 0 Å². The summed E-state index contributed by atoms with van der Waals surface area (Å²) in [6.07, 6.45) is 6.90. The fourth-order valence-electron chi connectivity index (χ4n) is 0.987. The molecular weight excluding hydrogens is 180 g/mol. The Kier molecular flexibility index (Phi) is 7.50. The molecule has 0 aromatic carbocycles. The summed E-state index contributed by atoms with van der Waals surface area (Å²) in [5, 5.41) is 2.04. The van der Waals surface area contributed by atoms with Crippen molar-refractivity contribution in [1.82, 2.24) is 10.2 Å². The smallest absolute Gasteiger partial charge is 0.251 e. The first kappa shape index (κ1) is 12.7.